The smallest absolute Gasteiger partial charge is 0.246 e. The molecule has 6 rings (SSSR count). The molecule has 0 bridgehead atoms. The summed E-state index contributed by atoms with van der Waals surface area (Å²) in [6.45, 7) is 8.33. The standard InChI is InChI=1S/C31H36ClN5O3S/c1-17-7-5-6-8-21(17)27(38)23-24(28-18(2)11-16-41-28)26(31(40)36-14-12-33-13-15-36)37(30(39)20-9-10-20)25(23)22-19(3)34-35(4)29(22)32/h5-8,11,16,20,23-26,33H,9-10,12-15H2,1-4H3. The summed E-state index contributed by atoms with van der Waals surface area (Å²) in [6, 6.07) is 8.06. The van der Waals surface area contributed by atoms with Gasteiger partial charge in [0.05, 0.1) is 17.7 Å². The van der Waals surface area contributed by atoms with Crippen LogP contribution in [0.1, 0.15) is 62.4 Å². The summed E-state index contributed by atoms with van der Waals surface area (Å²) in [7, 11) is 1.77. The molecule has 10 heteroatoms. The number of piperazine rings is 1. The van der Waals surface area contributed by atoms with Crippen molar-refractivity contribution in [2.75, 3.05) is 26.2 Å². The number of carbonyl (C=O) groups excluding carboxylic acids is 3. The molecule has 3 aromatic rings. The fourth-order valence-corrected chi connectivity index (χ4v) is 8.13. The van der Waals surface area contributed by atoms with Crippen LogP contribution in [0.15, 0.2) is 35.7 Å². The Morgan fingerprint density at radius 2 is 1.71 bits per heavy atom. The Labute approximate surface area is 249 Å². The number of aryl methyl sites for hydroxylation is 4. The van der Waals surface area contributed by atoms with Gasteiger partial charge in [-0.05, 0) is 56.2 Å². The van der Waals surface area contributed by atoms with Crippen LogP contribution in [-0.4, -0.2) is 69.4 Å². The molecular formula is C31H36ClN5O3S. The largest absolute Gasteiger partial charge is 0.338 e. The first-order valence-electron chi connectivity index (χ1n) is 14.3. The average molecular weight is 594 g/mol. The second-order valence-electron chi connectivity index (χ2n) is 11.6. The summed E-state index contributed by atoms with van der Waals surface area (Å²) in [5.41, 5.74) is 3.81. The first kappa shape index (κ1) is 28.1. The molecule has 3 fully saturated rings. The average Bonchev–Trinajstić information content (AvgIpc) is 3.58. The molecule has 2 aromatic heterocycles. The topological polar surface area (TPSA) is 87.5 Å². The Morgan fingerprint density at radius 3 is 2.29 bits per heavy atom. The van der Waals surface area contributed by atoms with Crippen LogP contribution in [0.2, 0.25) is 5.15 Å². The summed E-state index contributed by atoms with van der Waals surface area (Å²) in [5, 5.41) is 10.3. The third-order valence-corrected chi connectivity index (χ3v) is 10.5. The Kier molecular flexibility index (Phi) is 7.55. The summed E-state index contributed by atoms with van der Waals surface area (Å²) >= 11 is 8.49. The number of rotatable bonds is 6. The molecule has 4 atom stereocenters. The number of ketones is 1. The number of carbonyl (C=O) groups is 3. The van der Waals surface area contributed by atoms with Gasteiger partial charge in [0.15, 0.2) is 5.78 Å². The van der Waals surface area contributed by atoms with E-state index in [0.717, 1.165) is 28.8 Å². The molecule has 1 N–H and O–H groups in total. The number of thiophene rings is 1. The highest BCUT2D eigenvalue weighted by molar-refractivity contribution is 7.10. The zero-order valence-electron chi connectivity index (χ0n) is 23.9. The van der Waals surface area contributed by atoms with E-state index in [-0.39, 0.29) is 23.5 Å². The molecule has 216 valence electrons. The minimum Gasteiger partial charge on any atom is -0.338 e. The number of nitrogens with zero attached hydrogens (tertiary/aromatic N) is 4. The molecule has 4 heterocycles. The molecule has 1 saturated carbocycles. The maximum absolute atomic E-state index is 14.9. The van der Waals surface area contributed by atoms with Gasteiger partial charge < -0.3 is 15.1 Å². The van der Waals surface area contributed by atoms with E-state index in [4.69, 9.17) is 11.6 Å². The van der Waals surface area contributed by atoms with Crippen molar-refractivity contribution in [2.45, 2.75) is 51.6 Å². The van der Waals surface area contributed by atoms with E-state index in [1.54, 1.807) is 28.0 Å². The van der Waals surface area contributed by atoms with Crippen LogP contribution in [0.25, 0.3) is 0 Å². The monoisotopic (exact) mass is 593 g/mol. The highest BCUT2D eigenvalue weighted by Crippen LogP contribution is 2.56. The van der Waals surface area contributed by atoms with Crippen molar-refractivity contribution in [3.05, 3.63) is 73.7 Å². The van der Waals surface area contributed by atoms with E-state index in [9.17, 15) is 14.4 Å². The number of Topliss-reactive ketones (excluding diaryl/α,β-unsaturated/α-hetero) is 1. The summed E-state index contributed by atoms with van der Waals surface area (Å²) in [5.74, 6) is -1.62. The summed E-state index contributed by atoms with van der Waals surface area (Å²) in [6.07, 6.45) is 1.57. The van der Waals surface area contributed by atoms with Gasteiger partial charge >= 0.3 is 0 Å². The third kappa shape index (κ3) is 4.81. The minimum atomic E-state index is -0.822. The summed E-state index contributed by atoms with van der Waals surface area (Å²) in [4.78, 5) is 48.5. The van der Waals surface area contributed by atoms with Crippen molar-refractivity contribution in [3.63, 3.8) is 0 Å². The van der Waals surface area contributed by atoms with Crippen molar-refractivity contribution in [1.82, 2.24) is 24.9 Å². The van der Waals surface area contributed by atoms with Crippen molar-refractivity contribution < 1.29 is 14.4 Å². The fourth-order valence-electron chi connectivity index (χ4n) is 6.74. The molecule has 0 radical (unpaired) electrons. The second kappa shape index (κ2) is 11.0. The van der Waals surface area contributed by atoms with Gasteiger partial charge in [0.1, 0.15) is 11.2 Å². The number of halogens is 1. The quantitative estimate of drug-likeness (QED) is 0.427. The molecule has 2 saturated heterocycles. The minimum absolute atomic E-state index is 0.0675. The van der Waals surface area contributed by atoms with Crippen LogP contribution < -0.4 is 5.32 Å². The van der Waals surface area contributed by atoms with E-state index >= 15 is 0 Å². The van der Waals surface area contributed by atoms with Gasteiger partial charge in [0.25, 0.3) is 0 Å². The predicted molar refractivity (Wildman–Crippen MR) is 159 cm³/mol. The van der Waals surface area contributed by atoms with Crippen molar-refractivity contribution in [3.8, 4) is 0 Å². The molecule has 41 heavy (non-hydrogen) atoms. The third-order valence-electron chi connectivity index (χ3n) is 8.94. The Morgan fingerprint density at radius 1 is 1.00 bits per heavy atom. The lowest BCUT2D eigenvalue weighted by molar-refractivity contribution is -0.147. The number of likely N-dealkylation sites (tertiary alicyclic amines) is 1. The van der Waals surface area contributed by atoms with Crippen LogP contribution >= 0.6 is 22.9 Å². The molecule has 8 nitrogen and oxygen atoms in total. The fraction of sp³-hybridized carbons (Fsp3) is 0.484. The molecule has 2 amide bonds. The lowest BCUT2D eigenvalue weighted by Crippen LogP contribution is -2.55. The molecule has 4 unspecified atom stereocenters. The van der Waals surface area contributed by atoms with Crippen LogP contribution in [0.5, 0.6) is 0 Å². The highest BCUT2D eigenvalue weighted by atomic mass is 35.5. The molecule has 1 aliphatic carbocycles. The first-order chi connectivity index (χ1) is 19.7. The number of hydrogen-bond donors (Lipinski definition) is 1. The van der Waals surface area contributed by atoms with Gasteiger partial charge in [0, 0.05) is 61.1 Å². The SMILES string of the molecule is Cc1ccccc1C(=O)C1C(c2sccc2C)C(C(=O)N2CCNCC2)N(C(=O)C2CC2)C1c1c(C)nn(C)c1Cl. The van der Waals surface area contributed by atoms with E-state index in [2.05, 4.69) is 10.4 Å². The number of amides is 2. The van der Waals surface area contributed by atoms with Crippen molar-refractivity contribution >= 4 is 40.5 Å². The Hall–Kier alpha value is -3.01. The summed E-state index contributed by atoms with van der Waals surface area (Å²) < 4.78 is 1.60. The maximum Gasteiger partial charge on any atom is 0.246 e. The van der Waals surface area contributed by atoms with Crippen LogP contribution in [-0.2, 0) is 16.6 Å². The molecule has 3 aliphatic rings. The first-order valence-corrected chi connectivity index (χ1v) is 15.6. The number of benzene rings is 1. The van der Waals surface area contributed by atoms with E-state index < -0.39 is 23.9 Å². The Bertz CT molecular complexity index is 1500. The molecular weight excluding hydrogens is 558 g/mol. The van der Waals surface area contributed by atoms with Gasteiger partial charge in [-0.25, -0.2) is 0 Å². The van der Waals surface area contributed by atoms with Crippen LogP contribution in [0, 0.1) is 32.6 Å². The van der Waals surface area contributed by atoms with Gasteiger partial charge in [-0.15, -0.1) is 11.3 Å². The number of nitrogens with one attached hydrogen (secondary N) is 1. The zero-order valence-corrected chi connectivity index (χ0v) is 25.5. The lowest BCUT2D eigenvalue weighted by Gasteiger charge is -2.36. The Balaban J connectivity index is 1.62. The molecule has 0 spiro atoms. The van der Waals surface area contributed by atoms with Gasteiger partial charge in [-0.2, -0.15) is 5.10 Å². The number of hydrogen-bond acceptors (Lipinski definition) is 6. The van der Waals surface area contributed by atoms with E-state index in [1.807, 2.05) is 61.4 Å². The number of aromatic nitrogens is 2. The van der Waals surface area contributed by atoms with Gasteiger partial charge in [-0.3, -0.25) is 19.1 Å². The van der Waals surface area contributed by atoms with Crippen LogP contribution in [0.4, 0.5) is 0 Å². The van der Waals surface area contributed by atoms with Crippen molar-refractivity contribution in [2.24, 2.45) is 18.9 Å². The normalized spacial score (nSPS) is 24.6. The van der Waals surface area contributed by atoms with Crippen molar-refractivity contribution in [1.29, 1.82) is 0 Å². The maximum atomic E-state index is 14.9. The van der Waals surface area contributed by atoms with E-state index in [0.29, 0.717) is 48.2 Å². The molecule has 2 aliphatic heterocycles. The van der Waals surface area contributed by atoms with E-state index in [1.165, 1.54) is 0 Å². The van der Waals surface area contributed by atoms with Crippen LogP contribution in [0.3, 0.4) is 0 Å². The zero-order chi connectivity index (χ0) is 29.0. The second-order valence-corrected chi connectivity index (χ2v) is 12.9. The lowest BCUT2D eigenvalue weighted by atomic mass is 9.77. The predicted octanol–water partition coefficient (Wildman–Crippen LogP) is 4.44. The van der Waals surface area contributed by atoms with Gasteiger partial charge in [-0.1, -0.05) is 35.9 Å². The van der Waals surface area contributed by atoms with Gasteiger partial charge in [0.2, 0.25) is 11.8 Å². The molecule has 1 aromatic carbocycles. The highest BCUT2D eigenvalue weighted by Gasteiger charge is 2.61.